The van der Waals surface area contributed by atoms with E-state index >= 15 is 0 Å². The van der Waals surface area contributed by atoms with Gasteiger partial charge in [-0.15, -0.1) is 0 Å². The number of halogens is 1. The van der Waals surface area contributed by atoms with Crippen molar-refractivity contribution in [3.63, 3.8) is 0 Å². The summed E-state index contributed by atoms with van der Waals surface area (Å²) in [7, 11) is 0. The summed E-state index contributed by atoms with van der Waals surface area (Å²) in [6, 6.07) is 8.58. The van der Waals surface area contributed by atoms with E-state index in [-0.39, 0.29) is 18.0 Å². The fourth-order valence-corrected chi connectivity index (χ4v) is 3.42. The molecule has 5 heteroatoms. The molecule has 116 valence electrons. The molecule has 1 amide bonds. The second-order valence-electron chi connectivity index (χ2n) is 5.33. The zero-order valence-electron chi connectivity index (χ0n) is 12.7. The number of amides is 1. The van der Waals surface area contributed by atoms with Crippen LogP contribution in [0.3, 0.4) is 0 Å². The number of piperazine rings is 1. The number of benzene rings is 1. The van der Waals surface area contributed by atoms with Crippen LogP contribution < -0.4 is 10.6 Å². The van der Waals surface area contributed by atoms with E-state index in [1.165, 1.54) is 5.56 Å². The molecule has 2 unspecified atom stereocenters. The Bertz CT molecular complexity index is 480. The molecule has 0 aromatic heterocycles. The number of carbonyl (C=O) groups excluding carboxylic acids is 1. The molecule has 1 aromatic rings. The first-order chi connectivity index (χ1) is 10.2. The van der Waals surface area contributed by atoms with Crippen LogP contribution >= 0.6 is 15.9 Å². The van der Waals surface area contributed by atoms with Crippen LogP contribution in [0.2, 0.25) is 0 Å². The number of hydrogen-bond donors (Lipinski definition) is 2. The lowest BCUT2D eigenvalue weighted by Gasteiger charge is -2.40. The minimum absolute atomic E-state index is 0.0948. The predicted molar refractivity (Wildman–Crippen MR) is 89.2 cm³/mol. The largest absolute Gasteiger partial charge is 0.355 e. The molecule has 0 radical (unpaired) electrons. The molecule has 0 bridgehead atoms. The molecule has 4 nitrogen and oxygen atoms in total. The first kappa shape index (κ1) is 16.5. The monoisotopic (exact) mass is 353 g/mol. The van der Waals surface area contributed by atoms with E-state index in [1.54, 1.807) is 0 Å². The normalized spacial score (nSPS) is 21.0. The van der Waals surface area contributed by atoms with Crippen molar-refractivity contribution >= 4 is 21.8 Å². The van der Waals surface area contributed by atoms with Gasteiger partial charge in [-0.3, -0.25) is 9.69 Å². The second kappa shape index (κ2) is 7.92. The number of likely N-dealkylation sites (N-methyl/N-ethyl adjacent to an activating group) is 1. The number of carbonyl (C=O) groups is 1. The van der Waals surface area contributed by atoms with Crippen molar-refractivity contribution < 1.29 is 4.79 Å². The third kappa shape index (κ3) is 4.05. The smallest absolute Gasteiger partial charge is 0.238 e. The highest BCUT2D eigenvalue weighted by Gasteiger charge is 2.33. The Labute approximate surface area is 135 Å². The average molecular weight is 354 g/mol. The van der Waals surface area contributed by atoms with Gasteiger partial charge in [0.15, 0.2) is 0 Å². The van der Waals surface area contributed by atoms with E-state index in [4.69, 9.17) is 0 Å². The summed E-state index contributed by atoms with van der Waals surface area (Å²) in [5, 5.41) is 6.29. The van der Waals surface area contributed by atoms with Gasteiger partial charge in [-0.25, -0.2) is 0 Å². The Hall–Kier alpha value is -0.910. The van der Waals surface area contributed by atoms with Crippen molar-refractivity contribution in [2.75, 3.05) is 26.2 Å². The minimum atomic E-state index is -0.0948. The van der Waals surface area contributed by atoms with E-state index in [0.717, 1.165) is 30.5 Å². The zero-order chi connectivity index (χ0) is 15.2. The number of nitrogens with one attached hydrogen (secondary N) is 2. The molecule has 1 fully saturated rings. The molecule has 1 aliphatic rings. The van der Waals surface area contributed by atoms with Crippen LogP contribution in [0.25, 0.3) is 0 Å². The molecular formula is C16H24BrN3O. The Morgan fingerprint density at radius 2 is 2.33 bits per heavy atom. The third-order valence-corrected chi connectivity index (χ3v) is 4.45. The van der Waals surface area contributed by atoms with Crippen molar-refractivity contribution in [1.82, 2.24) is 15.5 Å². The van der Waals surface area contributed by atoms with Gasteiger partial charge in [0.2, 0.25) is 5.91 Å². The molecule has 2 atom stereocenters. The fraction of sp³-hybridized carbons (Fsp3) is 0.562. The predicted octanol–water partition coefficient (Wildman–Crippen LogP) is 2.31. The standard InChI is InChI=1S/C16H24BrN3O/c1-3-14(12-6-5-7-13(17)10-12)20-9-8-18-11-15(20)16(21)19-4-2/h5-7,10,14-15,18H,3-4,8-9,11H2,1-2H3,(H,19,21). The van der Waals surface area contributed by atoms with Crippen LogP contribution in [-0.4, -0.2) is 43.0 Å². The summed E-state index contributed by atoms with van der Waals surface area (Å²) in [4.78, 5) is 14.7. The Morgan fingerprint density at radius 3 is 3.00 bits per heavy atom. The average Bonchev–Trinajstić information content (AvgIpc) is 2.49. The number of hydrogen-bond acceptors (Lipinski definition) is 3. The van der Waals surface area contributed by atoms with Gasteiger partial charge in [-0.2, -0.15) is 0 Å². The summed E-state index contributed by atoms with van der Waals surface area (Å²) in [5.41, 5.74) is 1.27. The summed E-state index contributed by atoms with van der Waals surface area (Å²) in [6.45, 7) is 7.37. The fourth-order valence-electron chi connectivity index (χ4n) is 3.00. The highest BCUT2D eigenvalue weighted by atomic mass is 79.9. The minimum Gasteiger partial charge on any atom is -0.355 e. The van der Waals surface area contributed by atoms with E-state index < -0.39 is 0 Å². The maximum atomic E-state index is 12.3. The molecule has 2 N–H and O–H groups in total. The quantitative estimate of drug-likeness (QED) is 0.853. The molecular weight excluding hydrogens is 330 g/mol. The molecule has 1 heterocycles. The van der Waals surface area contributed by atoms with Crippen LogP contribution in [0, 0.1) is 0 Å². The van der Waals surface area contributed by atoms with Crippen LogP contribution in [0.5, 0.6) is 0 Å². The van der Waals surface area contributed by atoms with Gasteiger partial charge in [0.1, 0.15) is 6.04 Å². The summed E-state index contributed by atoms with van der Waals surface area (Å²) >= 11 is 3.54. The van der Waals surface area contributed by atoms with E-state index in [2.05, 4.69) is 56.6 Å². The van der Waals surface area contributed by atoms with Crippen LogP contribution in [-0.2, 0) is 4.79 Å². The lowest BCUT2D eigenvalue weighted by molar-refractivity contribution is -0.128. The first-order valence-corrected chi connectivity index (χ1v) is 8.46. The highest BCUT2D eigenvalue weighted by molar-refractivity contribution is 9.10. The van der Waals surface area contributed by atoms with Gasteiger partial charge in [0, 0.05) is 36.7 Å². The summed E-state index contributed by atoms with van der Waals surface area (Å²) in [5.74, 6) is 0.123. The van der Waals surface area contributed by atoms with Gasteiger partial charge in [0.25, 0.3) is 0 Å². The molecule has 0 aliphatic carbocycles. The van der Waals surface area contributed by atoms with Crippen molar-refractivity contribution in [2.24, 2.45) is 0 Å². The van der Waals surface area contributed by atoms with Gasteiger partial charge < -0.3 is 10.6 Å². The Kier molecular flexibility index (Phi) is 6.21. The molecule has 2 rings (SSSR count). The van der Waals surface area contributed by atoms with E-state index in [1.807, 2.05) is 13.0 Å². The first-order valence-electron chi connectivity index (χ1n) is 7.67. The van der Waals surface area contributed by atoms with Gasteiger partial charge in [0.05, 0.1) is 0 Å². The lowest BCUT2D eigenvalue weighted by atomic mass is 9.99. The van der Waals surface area contributed by atoms with Crippen LogP contribution in [0.1, 0.15) is 31.9 Å². The van der Waals surface area contributed by atoms with Crippen molar-refractivity contribution in [3.8, 4) is 0 Å². The molecule has 1 aliphatic heterocycles. The lowest BCUT2D eigenvalue weighted by Crippen LogP contribution is -2.58. The SMILES string of the molecule is CCNC(=O)C1CNCCN1C(CC)c1cccc(Br)c1. The second-order valence-corrected chi connectivity index (χ2v) is 6.25. The number of rotatable bonds is 5. The van der Waals surface area contributed by atoms with E-state index in [9.17, 15) is 4.79 Å². The van der Waals surface area contributed by atoms with Crippen LogP contribution in [0.4, 0.5) is 0 Å². The Balaban J connectivity index is 2.23. The summed E-state index contributed by atoms with van der Waals surface area (Å²) < 4.78 is 1.09. The highest BCUT2D eigenvalue weighted by Crippen LogP contribution is 2.28. The molecule has 0 saturated carbocycles. The van der Waals surface area contributed by atoms with E-state index in [0.29, 0.717) is 6.54 Å². The maximum absolute atomic E-state index is 12.3. The van der Waals surface area contributed by atoms with Crippen molar-refractivity contribution in [1.29, 1.82) is 0 Å². The van der Waals surface area contributed by atoms with Gasteiger partial charge in [-0.1, -0.05) is 35.0 Å². The van der Waals surface area contributed by atoms with Gasteiger partial charge in [-0.05, 0) is 31.0 Å². The zero-order valence-corrected chi connectivity index (χ0v) is 14.3. The van der Waals surface area contributed by atoms with Crippen LogP contribution in [0.15, 0.2) is 28.7 Å². The topological polar surface area (TPSA) is 44.4 Å². The maximum Gasteiger partial charge on any atom is 0.238 e. The number of nitrogens with zero attached hydrogens (tertiary/aromatic N) is 1. The third-order valence-electron chi connectivity index (χ3n) is 3.96. The summed E-state index contributed by atoms with van der Waals surface area (Å²) in [6.07, 6.45) is 0.992. The Morgan fingerprint density at radius 1 is 1.52 bits per heavy atom. The van der Waals surface area contributed by atoms with Gasteiger partial charge >= 0.3 is 0 Å². The molecule has 1 aromatic carbocycles. The molecule has 21 heavy (non-hydrogen) atoms. The molecule has 0 spiro atoms. The van der Waals surface area contributed by atoms with Crippen molar-refractivity contribution in [3.05, 3.63) is 34.3 Å². The molecule has 1 saturated heterocycles. The van der Waals surface area contributed by atoms with Crippen molar-refractivity contribution in [2.45, 2.75) is 32.4 Å².